The number of carbonyl (C=O) groups is 1. The van der Waals surface area contributed by atoms with Crippen LogP contribution in [0.15, 0.2) is 65.7 Å². The molecule has 0 aliphatic rings. The van der Waals surface area contributed by atoms with E-state index in [1.807, 2.05) is 36.4 Å². The lowest BCUT2D eigenvalue weighted by Crippen LogP contribution is -2.27. The lowest BCUT2D eigenvalue weighted by molar-refractivity contribution is -0.384. The van der Waals surface area contributed by atoms with E-state index in [2.05, 4.69) is 10.3 Å². The predicted octanol–water partition coefficient (Wildman–Crippen LogP) is 4.07. The SMILES string of the molecule is CCOc1ccc(NC(=O)Cn2cnc3cc(-c4ccccc4)sc3c2=O)c([N+](=O)[O-])c1. The minimum atomic E-state index is -0.603. The number of benzene rings is 2. The number of amides is 1. The number of hydrogen-bond acceptors (Lipinski definition) is 7. The van der Waals surface area contributed by atoms with E-state index in [4.69, 9.17) is 4.74 Å². The molecule has 0 atom stereocenters. The third-order valence-corrected chi connectivity index (χ3v) is 5.79. The third kappa shape index (κ3) is 4.35. The highest BCUT2D eigenvalue weighted by molar-refractivity contribution is 7.22. The van der Waals surface area contributed by atoms with Crippen molar-refractivity contribution in [1.29, 1.82) is 0 Å². The molecular formula is C22H18N4O5S. The number of rotatable bonds is 7. The smallest absolute Gasteiger partial charge is 0.296 e. The standard InChI is InChI=1S/C22H18N4O5S/c1-2-31-15-8-9-16(18(10-15)26(29)30)24-20(27)12-25-13-23-17-11-19(32-21(17)22(25)28)14-6-4-3-5-7-14/h3-11,13H,2,12H2,1H3,(H,24,27). The van der Waals surface area contributed by atoms with Crippen molar-refractivity contribution in [2.75, 3.05) is 11.9 Å². The quantitative estimate of drug-likeness (QED) is 0.335. The van der Waals surface area contributed by atoms with Gasteiger partial charge in [0.1, 0.15) is 22.7 Å². The lowest BCUT2D eigenvalue weighted by atomic mass is 10.2. The molecule has 0 fully saturated rings. The normalized spacial score (nSPS) is 10.8. The summed E-state index contributed by atoms with van der Waals surface area (Å²) in [6.07, 6.45) is 1.30. The summed E-state index contributed by atoms with van der Waals surface area (Å²) in [6, 6.07) is 15.6. The van der Waals surface area contributed by atoms with Crippen molar-refractivity contribution < 1.29 is 14.5 Å². The number of carbonyl (C=O) groups excluding carboxylic acids is 1. The Labute approximate surface area is 186 Å². The van der Waals surface area contributed by atoms with Crippen molar-refractivity contribution in [1.82, 2.24) is 9.55 Å². The molecule has 0 aliphatic carbocycles. The average molecular weight is 450 g/mol. The Morgan fingerprint density at radius 2 is 2.00 bits per heavy atom. The van der Waals surface area contributed by atoms with Gasteiger partial charge in [0, 0.05) is 4.88 Å². The number of aromatic nitrogens is 2. The second-order valence-corrected chi connectivity index (χ2v) is 7.84. The largest absolute Gasteiger partial charge is 0.494 e. The number of ether oxygens (including phenoxy) is 1. The first-order chi connectivity index (χ1) is 15.5. The van der Waals surface area contributed by atoms with Crippen LogP contribution in [0.25, 0.3) is 20.7 Å². The Kier molecular flexibility index (Phi) is 5.95. The van der Waals surface area contributed by atoms with Crippen LogP contribution in [-0.2, 0) is 11.3 Å². The van der Waals surface area contributed by atoms with Crippen LogP contribution in [0.1, 0.15) is 6.92 Å². The Balaban J connectivity index is 1.57. The van der Waals surface area contributed by atoms with Gasteiger partial charge in [-0.2, -0.15) is 0 Å². The van der Waals surface area contributed by atoms with E-state index in [0.29, 0.717) is 22.6 Å². The topological polar surface area (TPSA) is 116 Å². The molecule has 0 saturated carbocycles. The van der Waals surface area contributed by atoms with Crippen molar-refractivity contribution in [2.45, 2.75) is 13.5 Å². The average Bonchev–Trinajstić information content (AvgIpc) is 3.23. The summed E-state index contributed by atoms with van der Waals surface area (Å²) in [5.74, 6) is -0.254. The molecule has 4 rings (SSSR count). The fourth-order valence-corrected chi connectivity index (χ4v) is 4.24. The summed E-state index contributed by atoms with van der Waals surface area (Å²) in [4.78, 5) is 41.4. The second-order valence-electron chi connectivity index (χ2n) is 6.79. The number of fused-ring (bicyclic) bond motifs is 1. The maximum atomic E-state index is 12.9. The van der Waals surface area contributed by atoms with Gasteiger partial charge < -0.3 is 10.1 Å². The molecule has 4 aromatic rings. The fraction of sp³-hybridized carbons (Fsp3) is 0.136. The minimum absolute atomic E-state index is 0.0213. The van der Waals surface area contributed by atoms with E-state index in [1.54, 1.807) is 6.92 Å². The van der Waals surface area contributed by atoms with E-state index in [-0.39, 0.29) is 23.5 Å². The maximum Gasteiger partial charge on any atom is 0.296 e. The predicted molar refractivity (Wildman–Crippen MR) is 122 cm³/mol. The van der Waals surface area contributed by atoms with Crippen LogP contribution in [0.3, 0.4) is 0 Å². The molecule has 32 heavy (non-hydrogen) atoms. The molecule has 9 nitrogen and oxygen atoms in total. The molecule has 2 aromatic carbocycles. The van der Waals surface area contributed by atoms with E-state index in [1.165, 1.54) is 40.4 Å². The Bertz CT molecular complexity index is 1360. The van der Waals surface area contributed by atoms with E-state index < -0.39 is 10.8 Å². The maximum absolute atomic E-state index is 12.9. The monoisotopic (exact) mass is 450 g/mol. The van der Waals surface area contributed by atoms with Crippen LogP contribution in [-0.4, -0.2) is 27.0 Å². The van der Waals surface area contributed by atoms with Crippen molar-refractivity contribution in [3.63, 3.8) is 0 Å². The number of nitrogens with zero attached hydrogens (tertiary/aromatic N) is 3. The zero-order valence-electron chi connectivity index (χ0n) is 17.0. The van der Waals surface area contributed by atoms with Crippen molar-refractivity contribution in [3.8, 4) is 16.2 Å². The second kappa shape index (κ2) is 8.98. The molecule has 0 aliphatic heterocycles. The molecule has 1 amide bonds. The van der Waals surface area contributed by atoms with Gasteiger partial charge in [0.25, 0.3) is 11.2 Å². The van der Waals surface area contributed by atoms with Crippen LogP contribution in [0.2, 0.25) is 0 Å². The van der Waals surface area contributed by atoms with Gasteiger partial charge in [0.2, 0.25) is 5.91 Å². The van der Waals surface area contributed by atoms with Gasteiger partial charge in [-0.25, -0.2) is 4.98 Å². The summed E-state index contributed by atoms with van der Waals surface area (Å²) in [5.41, 5.74) is 0.905. The Morgan fingerprint density at radius 1 is 1.22 bits per heavy atom. The molecule has 10 heteroatoms. The zero-order valence-corrected chi connectivity index (χ0v) is 17.8. The van der Waals surface area contributed by atoms with Crippen LogP contribution < -0.4 is 15.6 Å². The van der Waals surface area contributed by atoms with E-state index in [9.17, 15) is 19.7 Å². The van der Waals surface area contributed by atoms with E-state index in [0.717, 1.165) is 10.4 Å². The molecule has 0 saturated heterocycles. The van der Waals surface area contributed by atoms with Crippen LogP contribution in [0.4, 0.5) is 11.4 Å². The van der Waals surface area contributed by atoms with Crippen LogP contribution >= 0.6 is 11.3 Å². The Morgan fingerprint density at radius 3 is 2.72 bits per heavy atom. The lowest BCUT2D eigenvalue weighted by Gasteiger charge is -2.09. The number of hydrogen-bond donors (Lipinski definition) is 1. The van der Waals surface area contributed by atoms with Gasteiger partial charge >= 0.3 is 0 Å². The highest BCUT2D eigenvalue weighted by Gasteiger charge is 2.18. The molecule has 2 heterocycles. The first-order valence-corrected chi connectivity index (χ1v) is 10.5. The summed E-state index contributed by atoms with van der Waals surface area (Å²) >= 11 is 1.30. The van der Waals surface area contributed by atoms with Crippen molar-refractivity contribution in [3.05, 3.63) is 81.4 Å². The van der Waals surface area contributed by atoms with Gasteiger partial charge in [-0.15, -0.1) is 11.3 Å². The first kappa shape index (κ1) is 21.2. The highest BCUT2D eigenvalue weighted by Crippen LogP contribution is 2.31. The molecule has 1 N–H and O–H groups in total. The Hall–Kier alpha value is -4.05. The van der Waals surface area contributed by atoms with Gasteiger partial charge in [-0.3, -0.25) is 24.3 Å². The van der Waals surface area contributed by atoms with Gasteiger partial charge in [0.15, 0.2) is 0 Å². The first-order valence-electron chi connectivity index (χ1n) is 9.71. The number of anilines is 1. The molecule has 2 aromatic heterocycles. The molecule has 0 unspecified atom stereocenters. The summed E-state index contributed by atoms with van der Waals surface area (Å²) in [6.45, 7) is 1.79. The van der Waals surface area contributed by atoms with Crippen molar-refractivity contribution in [2.24, 2.45) is 0 Å². The van der Waals surface area contributed by atoms with Crippen LogP contribution in [0.5, 0.6) is 5.75 Å². The number of thiophene rings is 1. The molecule has 0 radical (unpaired) electrons. The van der Waals surface area contributed by atoms with Crippen molar-refractivity contribution >= 4 is 38.8 Å². The molecular weight excluding hydrogens is 432 g/mol. The molecule has 0 spiro atoms. The minimum Gasteiger partial charge on any atom is -0.494 e. The number of nitro benzene ring substituents is 1. The highest BCUT2D eigenvalue weighted by atomic mass is 32.1. The number of nitrogens with one attached hydrogen (secondary N) is 1. The molecule has 162 valence electrons. The van der Waals surface area contributed by atoms with Crippen LogP contribution in [0, 0.1) is 10.1 Å². The van der Waals surface area contributed by atoms with Gasteiger partial charge in [-0.1, -0.05) is 30.3 Å². The third-order valence-electron chi connectivity index (χ3n) is 4.63. The summed E-state index contributed by atoms with van der Waals surface area (Å²) < 4.78 is 6.89. The summed E-state index contributed by atoms with van der Waals surface area (Å²) in [5, 5.41) is 13.9. The van der Waals surface area contributed by atoms with E-state index >= 15 is 0 Å². The summed E-state index contributed by atoms with van der Waals surface area (Å²) in [7, 11) is 0. The molecule has 0 bridgehead atoms. The fourth-order valence-electron chi connectivity index (χ4n) is 3.17. The zero-order chi connectivity index (χ0) is 22.7. The van der Waals surface area contributed by atoms with Gasteiger partial charge in [0.05, 0.1) is 29.4 Å². The van der Waals surface area contributed by atoms with Gasteiger partial charge in [-0.05, 0) is 30.7 Å². The number of nitro groups is 1.